The van der Waals surface area contributed by atoms with Gasteiger partial charge >= 0.3 is 0 Å². The average molecular weight is 407 g/mol. The summed E-state index contributed by atoms with van der Waals surface area (Å²) in [7, 11) is 1.57. The first-order valence-electron chi connectivity index (χ1n) is 9.37. The molecule has 2 aromatic carbocycles. The van der Waals surface area contributed by atoms with Crippen molar-refractivity contribution in [3.63, 3.8) is 0 Å². The molecule has 29 heavy (non-hydrogen) atoms. The SMILES string of the molecule is COc1ccccc1N1CC(C(=O)Nc2ncc(Cc3ccccc3)s2)CC1=O. The molecular formula is C22H21N3O3S. The minimum atomic E-state index is -0.422. The smallest absolute Gasteiger partial charge is 0.231 e. The van der Waals surface area contributed by atoms with Crippen molar-refractivity contribution in [3.8, 4) is 5.75 Å². The fraction of sp³-hybridized carbons (Fsp3) is 0.227. The van der Waals surface area contributed by atoms with Crippen molar-refractivity contribution in [2.45, 2.75) is 12.8 Å². The summed E-state index contributed by atoms with van der Waals surface area (Å²) in [6, 6.07) is 17.5. The lowest BCUT2D eigenvalue weighted by molar-refractivity contribution is -0.122. The van der Waals surface area contributed by atoms with Crippen LogP contribution in [0, 0.1) is 5.92 Å². The summed E-state index contributed by atoms with van der Waals surface area (Å²) < 4.78 is 5.35. The molecule has 148 valence electrons. The van der Waals surface area contributed by atoms with E-state index in [4.69, 9.17) is 4.74 Å². The molecule has 1 atom stereocenters. The van der Waals surface area contributed by atoms with Crippen molar-refractivity contribution >= 4 is 34.0 Å². The lowest BCUT2D eigenvalue weighted by Crippen LogP contribution is -2.28. The second-order valence-corrected chi connectivity index (χ2v) is 7.98. The molecule has 4 rings (SSSR count). The zero-order valence-corrected chi connectivity index (χ0v) is 16.8. The predicted octanol–water partition coefficient (Wildman–Crippen LogP) is 3.73. The summed E-state index contributed by atoms with van der Waals surface area (Å²) in [4.78, 5) is 32.2. The van der Waals surface area contributed by atoms with Crippen LogP contribution in [0.4, 0.5) is 10.8 Å². The van der Waals surface area contributed by atoms with E-state index in [9.17, 15) is 9.59 Å². The number of thiazole rings is 1. The van der Waals surface area contributed by atoms with Crippen molar-refractivity contribution in [2.24, 2.45) is 5.92 Å². The molecule has 1 N–H and O–H groups in total. The van der Waals surface area contributed by atoms with Crippen molar-refractivity contribution < 1.29 is 14.3 Å². The van der Waals surface area contributed by atoms with Crippen LogP contribution in [0.25, 0.3) is 0 Å². The van der Waals surface area contributed by atoms with E-state index in [1.807, 2.05) is 36.4 Å². The van der Waals surface area contributed by atoms with E-state index < -0.39 is 5.92 Å². The van der Waals surface area contributed by atoms with Gasteiger partial charge in [0.05, 0.1) is 18.7 Å². The van der Waals surface area contributed by atoms with Crippen molar-refractivity contribution in [2.75, 3.05) is 23.9 Å². The quantitative estimate of drug-likeness (QED) is 0.676. The molecule has 1 unspecified atom stereocenters. The minimum absolute atomic E-state index is 0.0847. The maximum atomic E-state index is 12.7. The number of nitrogens with one attached hydrogen (secondary N) is 1. The molecular weight excluding hydrogens is 386 g/mol. The van der Waals surface area contributed by atoms with Gasteiger partial charge in [-0.15, -0.1) is 11.3 Å². The van der Waals surface area contributed by atoms with E-state index in [1.165, 1.54) is 16.9 Å². The molecule has 3 aromatic rings. The van der Waals surface area contributed by atoms with Gasteiger partial charge in [0.25, 0.3) is 0 Å². The molecule has 0 aliphatic carbocycles. The number of anilines is 2. The number of nitrogens with zero attached hydrogens (tertiary/aromatic N) is 2. The first kappa shape index (κ1) is 19.1. The second kappa shape index (κ2) is 8.45. The third kappa shape index (κ3) is 4.30. The Morgan fingerprint density at radius 1 is 1.21 bits per heavy atom. The topological polar surface area (TPSA) is 71.5 Å². The maximum absolute atomic E-state index is 12.7. The van der Waals surface area contributed by atoms with Crippen molar-refractivity contribution in [1.29, 1.82) is 0 Å². The molecule has 0 saturated carbocycles. The van der Waals surface area contributed by atoms with Crippen LogP contribution in [-0.2, 0) is 16.0 Å². The van der Waals surface area contributed by atoms with E-state index in [1.54, 1.807) is 24.3 Å². The Balaban J connectivity index is 1.40. The molecule has 1 fully saturated rings. The molecule has 7 heteroatoms. The number of methoxy groups -OCH3 is 1. The number of benzene rings is 2. The molecule has 1 aliphatic heterocycles. The number of ether oxygens (including phenoxy) is 1. The standard InChI is InChI=1S/C22H21N3O3S/c1-28-19-10-6-5-9-18(19)25-14-16(12-20(25)26)21(27)24-22-23-13-17(29-22)11-15-7-3-2-4-8-15/h2-10,13,16H,11-12,14H2,1H3,(H,23,24,27). The normalized spacial score (nSPS) is 16.1. The van der Waals surface area contributed by atoms with Gasteiger partial charge in [0.2, 0.25) is 11.8 Å². The lowest BCUT2D eigenvalue weighted by Gasteiger charge is -2.19. The highest BCUT2D eigenvalue weighted by atomic mass is 32.1. The molecule has 1 saturated heterocycles. The van der Waals surface area contributed by atoms with Crippen LogP contribution in [0.3, 0.4) is 0 Å². The van der Waals surface area contributed by atoms with Gasteiger partial charge in [-0.05, 0) is 17.7 Å². The molecule has 0 bridgehead atoms. The average Bonchev–Trinajstić information content (AvgIpc) is 3.35. The highest BCUT2D eigenvalue weighted by molar-refractivity contribution is 7.15. The third-order valence-corrected chi connectivity index (χ3v) is 5.79. The summed E-state index contributed by atoms with van der Waals surface area (Å²) in [6.07, 6.45) is 2.73. The highest BCUT2D eigenvalue weighted by Gasteiger charge is 2.36. The summed E-state index contributed by atoms with van der Waals surface area (Å²) >= 11 is 1.46. The second-order valence-electron chi connectivity index (χ2n) is 6.86. The Bertz CT molecular complexity index is 1020. The fourth-order valence-electron chi connectivity index (χ4n) is 3.42. The number of para-hydroxylation sites is 2. The Hall–Kier alpha value is -3.19. The Labute approximate surface area is 173 Å². The summed E-state index contributed by atoms with van der Waals surface area (Å²) in [6.45, 7) is 0.327. The molecule has 1 aliphatic rings. The molecule has 0 radical (unpaired) electrons. The highest BCUT2D eigenvalue weighted by Crippen LogP contribution is 2.33. The summed E-state index contributed by atoms with van der Waals surface area (Å²) in [5.41, 5.74) is 1.89. The summed E-state index contributed by atoms with van der Waals surface area (Å²) in [5, 5.41) is 3.43. The maximum Gasteiger partial charge on any atom is 0.231 e. The van der Waals surface area contributed by atoms with E-state index >= 15 is 0 Å². The number of hydrogen-bond acceptors (Lipinski definition) is 5. The van der Waals surface area contributed by atoms with Gasteiger partial charge in [0, 0.05) is 30.5 Å². The van der Waals surface area contributed by atoms with Crippen LogP contribution in [-0.4, -0.2) is 30.5 Å². The first-order chi connectivity index (χ1) is 14.1. The van der Waals surface area contributed by atoms with Crippen LogP contribution in [0.2, 0.25) is 0 Å². The van der Waals surface area contributed by atoms with Crippen molar-refractivity contribution in [3.05, 3.63) is 71.2 Å². The van der Waals surface area contributed by atoms with Crippen LogP contribution in [0.1, 0.15) is 16.9 Å². The van der Waals surface area contributed by atoms with Gasteiger partial charge in [-0.25, -0.2) is 4.98 Å². The van der Waals surface area contributed by atoms with Gasteiger partial charge in [-0.1, -0.05) is 42.5 Å². The number of amides is 2. The van der Waals surface area contributed by atoms with Crippen molar-refractivity contribution in [1.82, 2.24) is 4.98 Å². The number of hydrogen-bond donors (Lipinski definition) is 1. The largest absolute Gasteiger partial charge is 0.495 e. The van der Waals surface area contributed by atoms with E-state index in [0.29, 0.717) is 23.1 Å². The van der Waals surface area contributed by atoms with Crippen LogP contribution < -0.4 is 15.0 Å². The van der Waals surface area contributed by atoms with Gasteiger partial charge in [-0.3, -0.25) is 9.59 Å². The summed E-state index contributed by atoms with van der Waals surface area (Å²) in [5.74, 6) is -0.0730. The van der Waals surface area contributed by atoms with E-state index in [0.717, 1.165) is 11.3 Å². The molecule has 6 nitrogen and oxygen atoms in total. The number of aromatic nitrogens is 1. The Morgan fingerprint density at radius 2 is 1.97 bits per heavy atom. The van der Waals surface area contributed by atoms with Crippen LogP contribution in [0.15, 0.2) is 60.8 Å². The van der Waals surface area contributed by atoms with Gasteiger partial charge in [0.15, 0.2) is 5.13 Å². The minimum Gasteiger partial charge on any atom is -0.495 e. The lowest BCUT2D eigenvalue weighted by atomic mass is 10.1. The van der Waals surface area contributed by atoms with Gasteiger partial charge in [0.1, 0.15) is 5.75 Å². The van der Waals surface area contributed by atoms with Crippen LogP contribution in [0.5, 0.6) is 5.75 Å². The Kier molecular flexibility index (Phi) is 5.57. The zero-order chi connectivity index (χ0) is 20.2. The first-order valence-corrected chi connectivity index (χ1v) is 10.2. The Morgan fingerprint density at radius 3 is 2.76 bits per heavy atom. The molecule has 1 aromatic heterocycles. The van der Waals surface area contributed by atoms with E-state index in [-0.39, 0.29) is 18.2 Å². The van der Waals surface area contributed by atoms with E-state index in [2.05, 4.69) is 22.4 Å². The fourth-order valence-corrected chi connectivity index (χ4v) is 4.27. The monoisotopic (exact) mass is 407 g/mol. The molecule has 2 amide bonds. The number of carbonyl (C=O) groups excluding carboxylic acids is 2. The van der Waals surface area contributed by atoms with Gasteiger partial charge < -0.3 is 15.0 Å². The predicted molar refractivity (Wildman–Crippen MR) is 113 cm³/mol. The zero-order valence-electron chi connectivity index (χ0n) is 16.0. The van der Waals surface area contributed by atoms with Crippen LogP contribution >= 0.6 is 11.3 Å². The number of carbonyl (C=O) groups is 2. The third-order valence-electron chi connectivity index (χ3n) is 4.88. The molecule has 0 spiro atoms. The van der Waals surface area contributed by atoms with Gasteiger partial charge in [-0.2, -0.15) is 0 Å². The number of rotatable bonds is 6. The molecule has 2 heterocycles.